The first-order chi connectivity index (χ1) is 21.0. The van der Waals surface area contributed by atoms with Crippen LogP contribution in [0.15, 0.2) is 123 Å². The Hall–Kier alpha value is -3.47. The van der Waals surface area contributed by atoms with E-state index in [-0.39, 0.29) is 29.7 Å². The largest absolute Gasteiger partial charge is 0.354 e. The quantitative estimate of drug-likeness (QED) is 0.163. The van der Waals surface area contributed by atoms with Crippen LogP contribution >= 0.6 is 31.9 Å². The third-order valence-corrected chi connectivity index (χ3v) is 9.73. The van der Waals surface area contributed by atoms with E-state index < -0.39 is 28.5 Å². The number of halogens is 2. The minimum absolute atomic E-state index is 0.0600. The average molecular weight is 742 g/mol. The minimum Gasteiger partial charge on any atom is -0.354 e. The zero-order valence-electron chi connectivity index (χ0n) is 24.6. The summed E-state index contributed by atoms with van der Waals surface area (Å²) in [7, 11) is -4.14. The average Bonchev–Trinajstić information content (AvgIpc) is 3.01. The summed E-state index contributed by atoms with van der Waals surface area (Å²) in [5.41, 5.74) is 2.01. The molecule has 0 heterocycles. The summed E-state index contributed by atoms with van der Waals surface area (Å²) in [5, 5.41) is 3.00. The Kier molecular flexibility index (Phi) is 11.8. The molecule has 0 aliphatic rings. The summed E-state index contributed by atoms with van der Waals surface area (Å²) >= 11 is 6.91. The maximum absolute atomic E-state index is 14.5. The standard InChI is InChI=1S/C34H35Br2N3O4S/c1-25(2)22-37-34(41)32(21-26-10-5-3-6-11-26)38(23-27-12-9-13-29(36)20-27)33(40)24-39(30-18-16-28(35)17-19-30)44(42,43)31-14-7-4-8-15-31/h3-20,25,32H,21-24H2,1-2H3,(H,37,41). The number of nitrogens with one attached hydrogen (secondary N) is 1. The van der Waals surface area contributed by atoms with Crippen LogP contribution in [-0.2, 0) is 32.6 Å². The number of amides is 2. The molecule has 0 radical (unpaired) electrons. The summed E-state index contributed by atoms with van der Waals surface area (Å²) < 4.78 is 30.7. The van der Waals surface area contributed by atoms with E-state index in [9.17, 15) is 18.0 Å². The second-order valence-corrected chi connectivity index (χ2v) is 14.5. The molecule has 0 aromatic heterocycles. The number of carbonyl (C=O) groups excluding carboxylic acids is 2. The lowest BCUT2D eigenvalue weighted by atomic mass is 10.0. The molecule has 4 aromatic carbocycles. The summed E-state index contributed by atoms with van der Waals surface area (Å²) in [5.74, 6) is -0.602. The van der Waals surface area contributed by atoms with Gasteiger partial charge in [0.1, 0.15) is 12.6 Å². The number of rotatable bonds is 13. The first-order valence-corrected chi connectivity index (χ1v) is 17.3. The highest BCUT2D eigenvalue weighted by Gasteiger charge is 2.34. The van der Waals surface area contributed by atoms with Crippen molar-refractivity contribution in [1.82, 2.24) is 10.2 Å². The Balaban J connectivity index is 1.79. The summed E-state index contributed by atoms with van der Waals surface area (Å²) in [6, 6.07) is 30.9. The van der Waals surface area contributed by atoms with Crippen LogP contribution in [0.2, 0.25) is 0 Å². The molecule has 0 spiro atoms. The highest BCUT2D eigenvalue weighted by Crippen LogP contribution is 2.26. The van der Waals surface area contributed by atoms with Crippen LogP contribution in [0, 0.1) is 5.92 Å². The predicted octanol–water partition coefficient (Wildman–Crippen LogP) is 6.82. The van der Waals surface area contributed by atoms with E-state index >= 15 is 0 Å². The van der Waals surface area contributed by atoms with Gasteiger partial charge in [0.2, 0.25) is 11.8 Å². The van der Waals surface area contributed by atoms with Gasteiger partial charge in [0.25, 0.3) is 10.0 Å². The fourth-order valence-corrected chi connectivity index (χ4v) is 6.81. The number of anilines is 1. The van der Waals surface area contributed by atoms with Gasteiger partial charge in [-0.1, -0.05) is 106 Å². The van der Waals surface area contributed by atoms with Gasteiger partial charge in [-0.2, -0.15) is 0 Å². The lowest BCUT2D eigenvalue weighted by Crippen LogP contribution is -2.53. The van der Waals surface area contributed by atoms with Gasteiger partial charge in [0.05, 0.1) is 10.6 Å². The molecule has 0 aliphatic carbocycles. The zero-order chi connectivity index (χ0) is 31.7. The Morgan fingerprint density at radius 3 is 2.00 bits per heavy atom. The molecule has 2 amide bonds. The highest BCUT2D eigenvalue weighted by atomic mass is 79.9. The molecule has 4 aromatic rings. The normalized spacial score (nSPS) is 12.0. The molecule has 0 saturated carbocycles. The van der Waals surface area contributed by atoms with Gasteiger partial charge < -0.3 is 10.2 Å². The fraction of sp³-hybridized carbons (Fsp3) is 0.235. The molecule has 10 heteroatoms. The number of carbonyl (C=O) groups is 2. The molecule has 0 aliphatic heterocycles. The van der Waals surface area contributed by atoms with E-state index in [1.165, 1.54) is 17.0 Å². The van der Waals surface area contributed by atoms with Crippen molar-refractivity contribution in [2.24, 2.45) is 5.92 Å². The van der Waals surface area contributed by atoms with E-state index in [2.05, 4.69) is 37.2 Å². The molecule has 0 saturated heterocycles. The van der Waals surface area contributed by atoms with Gasteiger partial charge in [0, 0.05) is 28.5 Å². The van der Waals surface area contributed by atoms with Crippen molar-refractivity contribution in [3.8, 4) is 0 Å². The molecular weight excluding hydrogens is 706 g/mol. The lowest BCUT2D eigenvalue weighted by molar-refractivity contribution is -0.140. The van der Waals surface area contributed by atoms with Crippen molar-refractivity contribution in [1.29, 1.82) is 0 Å². The second-order valence-electron chi connectivity index (χ2n) is 10.8. The van der Waals surface area contributed by atoms with Crippen LogP contribution in [0.4, 0.5) is 5.69 Å². The van der Waals surface area contributed by atoms with Gasteiger partial charge in [-0.15, -0.1) is 0 Å². The van der Waals surface area contributed by atoms with Crippen LogP contribution in [0.1, 0.15) is 25.0 Å². The van der Waals surface area contributed by atoms with Gasteiger partial charge in [0.15, 0.2) is 0 Å². The van der Waals surface area contributed by atoms with Gasteiger partial charge in [-0.25, -0.2) is 8.42 Å². The topological polar surface area (TPSA) is 86.8 Å². The zero-order valence-corrected chi connectivity index (χ0v) is 28.6. The molecule has 1 atom stereocenters. The van der Waals surface area contributed by atoms with Crippen molar-refractivity contribution in [3.05, 3.63) is 129 Å². The van der Waals surface area contributed by atoms with E-state index in [0.29, 0.717) is 12.2 Å². The number of benzene rings is 4. The van der Waals surface area contributed by atoms with Crippen molar-refractivity contribution >= 4 is 59.4 Å². The number of nitrogens with zero attached hydrogens (tertiary/aromatic N) is 2. The second kappa shape index (κ2) is 15.5. The SMILES string of the molecule is CC(C)CNC(=O)C(Cc1ccccc1)N(Cc1cccc(Br)c1)C(=O)CN(c1ccc(Br)cc1)S(=O)(=O)c1ccccc1. The van der Waals surface area contributed by atoms with Crippen molar-refractivity contribution in [2.75, 3.05) is 17.4 Å². The number of sulfonamides is 1. The lowest BCUT2D eigenvalue weighted by Gasteiger charge is -2.34. The maximum Gasteiger partial charge on any atom is 0.264 e. The van der Waals surface area contributed by atoms with Gasteiger partial charge >= 0.3 is 0 Å². The van der Waals surface area contributed by atoms with Crippen molar-refractivity contribution in [2.45, 2.75) is 37.8 Å². The smallest absolute Gasteiger partial charge is 0.264 e. The number of hydrogen-bond donors (Lipinski definition) is 1. The van der Waals surface area contributed by atoms with E-state index in [0.717, 1.165) is 24.4 Å². The molecular formula is C34H35Br2N3O4S. The van der Waals surface area contributed by atoms with Crippen LogP contribution in [0.25, 0.3) is 0 Å². The molecule has 1 unspecified atom stereocenters. The van der Waals surface area contributed by atoms with Gasteiger partial charge in [-0.05, 0) is 65.6 Å². The number of hydrogen-bond acceptors (Lipinski definition) is 4. The molecule has 7 nitrogen and oxygen atoms in total. The third-order valence-electron chi connectivity index (χ3n) is 6.92. The first kappa shape index (κ1) is 33.4. The van der Waals surface area contributed by atoms with Crippen molar-refractivity contribution in [3.63, 3.8) is 0 Å². The Morgan fingerprint density at radius 1 is 0.773 bits per heavy atom. The predicted molar refractivity (Wildman–Crippen MR) is 182 cm³/mol. The fourth-order valence-electron chi connectivity index (χ4n) is 4.66. The molecule has 230 valence electrons. The maximum atomic E-state index is 14.5. The summed E-state index contributed by atoms with van der Waals surface area (Å²) in [6.07, 6.45) is 0.258. The van der Waals surface area contributed by atoms with Crippen LogP contribution < -0.4 is 9.62 Å². The molecule has 0 bridgehead atoms. The van der Waals surface area contributed by atoms with Crippen LogP contribution in [0.5, 0.6) is 0 Å². The Labute approximate surface area is 276 Å². The molecule has 1 N–H and O–H groups in total. The minimum atomic E-state index is -4.14. The molecule has 4 rings (SSSR count). The Morgan fingerprint density at radius 2 is 1.39 bits per heavy atom. The van der Waals surface area contributed by atoms with Crippen LogP contribution in [-0.4, -0.2) is 44.3 Å². The Bertz CT molecular complexity index is 1650. The summed E-state index contributed by atoms with van der Waals surface area (Å²) in [4.78, 5) is 29.8. The third kappa shape index (κ3) is 9.03. The van der Waals surface area contributed by atoms with E-state index in [1.54, 1.807) is 42.5 Å². The summed E-state index contributed by atoms with van der Waals surface area (Å²) in [6.45, 7) is 4.04. The van der Waals surface area contributed by atoms with Crippen LogP contribution in [0.3, 0.4) is 0 Å². The monoisotopic (exact) mass is 739 g/mol. The molecule has 44 heavy (non-hydrogen) atoms. The van der Waals surface area contributed by atoms with E-state index in [1.807, 2.05) is 68.4 Å². The molecule has 0 fully saturated rings. The van der Waals surface area contributed by atoms with E-state index in [4.69, 9.17) is 0 Å². The first-order valence-electron chi connectivity index (χ1n) is 14.2. The van der Waals surface area contributed by atoms with Gasteiger partial charge in [-0.3, -0.25) is 13.9 Å². The highest BCUT2D eigenvalue weighted by molar-refractivity contribution is 9.10. The van der Waals surface area contributed by atoms with Crippen molar-refractivity contribution < 1.29 is 18.0 Å².